The van der Waals surface area contributed by atoms with Gasteiger partial charge in [-0.25, -0.2) is 4.79 Å². The zero-order chi connectivity index (χ0) is 19.4. The third-order valence-electron chi connectivity index (χ3n) is 3.28. The van der Waals surface area contributed by atoms with Gasteiger partial charge < -0.3 is 9.52 Å². The predicted octanol–water partition coefficient (Wildman–Crippen LogP) is 4.52. The minimum Gasteiger partial charge on any atom is -0.477 e. The molecule has 8 nitrogen and oxygen atoms in total. The summed E-state index contributed by atoms with van der Waals surface area (Å²) in [4.78, 5) is 21.7. The van der Waals surface area contributed by atoms with Gasteiger partial charge in [-0.05, 0) is 47.7 Å². The van der Waals surface area contributed by atoms with Gasteiger partial charge in [0.25, 0.3) is 10.9 Å². The lowest BCUT2D eigenvalue weighted by atomic mass is 10.2. The number of carboxylic acids is 1. The van der Waals surface area contributed by atoms with E-state index in [0.717, 1.165) is 11.8 Å². The summed E-state index contributed by atoms with van der Waals surface area (Å²) in [6.45, 7) is 0. The Kier molecular flexibility index (Phi) is 5.53. The maximum atomic E-state index is 11.5. The fourth-order valence-corrected chi connectivity index (χ4v) is 2.87. The maximum Gasteiger partial charge on any atom is 0.342 e. The second-order valence-corrected chi connectivity index (χ2v) is 6.58. The van der Waals surface area contributed by atoms with E-state index in [1.165, 1.54) is 24.3 Å². The molecule has 10 heteroatoms. The van der Waals surface area contributed by atoms with Crippen molar-refractivity contribution in [2.45, 2.75) is 5.22 Å². The van der Waals surface area contributed by atoms with Gasteiger partial charge in [-0.1, -0.05) is 23.7 Å². The third kappa shape index (κ3) is 4.72. The molecule has 0 unspecified atom stereocenters. The molecule has 0 spiro atoms. The number of benzene rings is 2. The minimum atomic E-state index is -1.22. The normalized spacial score (nSPS) is 11.4. The number of thioether (sulfide) groups is 1. The first-order valence-electron chi connectivity index (χ1n) is 7.39. The van der Waals surface area contributed by atoms with Crippen molar-refractivity contribution in [2.24, 2.45) is 0 Å². The van der Waals surface area contributed by atoms with Crippen molar-refractivity contribution < 1.29 is 19.2 Å². The summed E-state index contributed by atoms with van der Waals surface area (Å²) < 4.78 is 5.48. The fourth-order valence-electron chi connectivity index (χ4n) is 2.07. The van der Waals surface area contributed by atoms with Gasteiger partial charge in [0.2, 0.25) is 5.89 Å². The number of aromatic nitrogens is 2. The van der Waals surface area contributed by atoms with Gasteiger partial charge in [0, 0.05) is 22.7 Å². The summed E-state index contributed by atoms with van der Waals surface area (Å²) in [7, 11) is 0. The van der Waals surface area contributed by atoms with Crippen molar-refractivity contribution in [1.82, 2.24) is 10.2 Å². The van der Waals surface area contributed by atoms with Gasteiger partial charge in [-0.3, -0.25) is 10.1 Å². The highest BCUT2D eigenvalue weighted by atomic mass is 35.5. The number of nitro benzene ring substituents is 1. The quantitative estimate of drug-likeness (QED) is 0.276. The molecule has 0 amide bonds. The van der Waals surface area contributed by atoms with Gasteiger partial charge in [0.1, 0.15) is 4.91 Å². The van der Waals surface area contributed by atoms with E-state index >= 15 is 0 Å². The molecule has 27 heavy (non-hydrogen) atoms. The summed E-state index contributed by atoms with van der Waals surface area (Å²) in [5.74, 6) is -1.01. The number of carbonyl (C=O) groups is 1. The van der Waals surface area contributed by atoms with Gasteiger partial charge in [0.05, 0.1) is 4.92 Å². The van der Waals surface area contributed by atoms with Crippen LogP contribution in [0.5, 0.6) is 0 Å². The Balaban J connectivity index is 1.85. The SMILES string of the molecule is O=C(O)/C(=C/c1cccc([N+](=O)[O-])c1)Sc1nnc(-c2ccc(Cl)cc2)o1. The van der Waals surface area contributed by atoms with Crippen LogP contribution in [0.2, 0.25) is 5.02 Å². The van der Waals surface area contributed by atoms with Crippen LogP contribution in [0.3, 0.4) is 0 Å². The predicted molar refractivity (Wildman–Crippen MR) is 99.3 cm³/mol. The molecule has 0 aliphatic rings. The highest BCUT2D eigenvalue weighted by Crippen LogP contribution is 2.30. The number of halogens is 1. The Morgan fingerprint density at radius 1 is 1.22 bits per heavy atom. The number of non-ortho nitro benzene ring substituents is 1. The summed E-state index contributed by atoms with van der Waals surface area (Å²) >= 11 is 6.58. The summed E-state index contributed by atoms with van der Waals surface area (Å²) in [6, 6.07) is 12.3. The average molecular weight is 404 g/mol. The van der Waals surface area contributed by atoms with Gasteiger partial charge in [-0.2, -0.15) is 0 Å². The molecule has 0 aliphatic heterocycles. The standard InChI is InChI=1S/C17H10ClN3O5S/c18-12-6-4-11(5-7-12)15-19-20-17(26-15)27-14(16(22)23)9-10-2-1-3-13(8-10)21(24)25/h1-9H,(H,22,23)/b14-9-. The lowest BCUT2D eigenvalue weighted by Crippen LogP contribution is -1.97. The molecule has 2 aromatic carbocycles. The minimum absolute atomic E-state index is 0.0269. The first kappa shape index (κ1) is 18.6. The zero-order valence-electron chi connectivity index (χ0n) is 13.4. The Morgan fingerprint density at radius 3 is 2.63 bits per heavy atom. The van der Waals surface area contributed by atoms with Crippen LogP contribution in [0.15, 0.2) is 63.1 Å². The van der Waals surface area contributed by atoms with Crippen LogP contribution in [0.4, 0.5) is 5.69 Å². The summed E-state index contributed by atoms with van der Waals surface area (Å²) in [5, 5.41) is 28.5. The molecule has 1 N–H and O–H groups in total. The van der Waals surface area contributed by atoms with Crippen molar-refractivity contribution in [3.05, 3.63) is 74.1 Å². The van der Waals surface area contributed by atoms with E-state index in [1.807, 2.05) is 0 Å². The topological polar surface area (TPSA) is 119 Å². The van der Waals surface area contributed by atoms with Crippen molar-refractivity contribution in [3.63, 3.8) is 0 Å². The second-order valence-electron chi connectivity index (χ2n) is 5.15. The van der Waals surface area contributed by atoms with Crippen LogP contribution in [0.1, 0.15) is 5.56 Å². The van der Waals surface area contributed by atoms with Crippen molar-refractivity contribution in [3.8, 4) is 11.5 Å². The van der Waals surface area contributed by atoms with Crippen LogP contribution in [-0.2, 0) is 4.79 Å². The smallest absolute Gasteiger partial charge is 0.342 e. The number of nitrogens with zero attached hydrogens (tertiary/aromatic N) is 3. The number of aliphatic carboxylic acids is 1. The average Bonchev–Trinajstić information content (AvgIpc) is 3.10. The van der Waals surface area contributed by atoms with E-state index in [0.29, 0.717) is 16.1 Å². The third-order valence-corrected chi connectivity index (χ3v) is 4.39. The highest BCUT2D eigenvalue weighted by molar-refractivity contribution is 8.03. The summed E-state index contributed by atoms with van der Waals surface area (Å²) in [6.07, 6.45) is 1.30. The number of rotatable bonds is 6. The molecule has 1 aromatic heterocycles. The van der Waals surface area contributed by atoms with Crippen LogP contribution in [0, 0.1) is 10.1 Å². The molecular weight excluding hydrogens is 394 g/mol. The molecule has 3 aromatic rings. The number of hydrogen-bond acceptors (Lipinski definition) is 7. The molecule has 1 heterocycles. The van der Waals surface area contributed by atoms with Gasteiger partial charge in [-0.15, -0.1) is 10.2 Å². The molecule has 0 bridgehead atoms. The zero-order valence-corrected chi connectivity index (χ0v) is 15.0. The van der Waals surface area contributed by atoms with Crippen LogP contribution >= 0.6 is 23.4 Å². The molecular formula is C17H10ClN3O5S. The Bertz CT molecular complexity index is 1030. The number of nitro groups is 1. The van der Waals surface area contributed by atoms with Crippen molar-refractivity contribution in [1.29, 1.82) is 0 Å². The molecule has 0 radical (unpaired) electrons. The summed E-state index contributed by atoms with van der Waals surface area (Å²) in [5.41, 5.74) is 0.867. The van der Waals surface area contributed by atoms with E-state index in [9.17, 15) is 20.0 Å². The van der Waals surface area contributed by atoms with E-state index in [-0.39, 0.29) is 21.7 Å². The van der Waals surface area contributed by atoms with Crippen molar-refractivity contribution >= 4 is 41.1 Å². The molecule has 0 saturated heterocycles. The lowest BCUT2D eigenvalue weighted by molar-refractivity contribution is -0.384. The van der Waals surface area contributed by atoms with Gasteiger partial charge in [0.15, 0.2) is 0 Å². The van der Waals surface area contributed by atoms with E-state index < -0.39 is 10.9 Å². The monoisotopic (exact) mass is 403 g/mol. The van der Waals surface area contributed by atoms with Crippen LogP contribution in [0.25, 0.3) is 17.5 Å². The largest absolute Gasteiger partial charge is 0.477 e. The van der Waals surface area contributed by atoms with Crippen molar-refractivity contribution in [2.75, 3.05) is 0 Å². The molecule has 0 fully saturated rings. The highest BCUT2D eigenvalue weighted by Gasteiger charge is 2.16. The number of hydrogen-bond donors (Lipinski definition) is 1. The lowest BCUT2D eigenvalue weighted by Gasteiger charge is -1.99. The van der Waals surface area contributed by atoms with Crippen LogP contribution < -0.4 is 0 Å². The Hall–Kier alpha value is -3.17. The van der Waals surface area contributed by atoms with Gasteiger partial charge >= 0.3 is 5.97 Å². The first-order valence-corrected chi connectivity index (χ1v) is 8.58. The van der Waals surface area contributed by atoms with Crippen LogP contribution in [-0.4, -0.2) is 26.2 Å². The molecule has 0 saturated carbocycles. The number of carboxylic acid groups (broad SMARTS) is 1. The fraction of sp³-hybridized carbons (Fsp3) is 0. The molecule has 3 rings (SSSR count). The first-order chi connectivity index (χ1) is 12.9. The van der Waals surface area contributed by atoms with E-state index in [4.69, 9.17) is 16.0 Å². The Labute approximate surface area is 161 Å². The molecule has 136 valence electrons. The Morgan fingerprint density at radius 2 is 1.96 bits per heavy atom. The molecule has 0 aliphatic carbocycles. The second kappa shape index (κ2) is 8.02. The van der Waals surface area contributed by atoms with E-state index in [2.05, 4.69) is 10.2 Å². The van der Waals surface area contributed by atoms with E-state index in [1.54, 1.807) is 30.3 Å². The molecule has 0 atom stereocenters. The maximum absolute atomic E-state index is 11.5.